The van der Waals surface area contributed by atoms with Crippen molar-refractivity contribution in [2.45, 2.75) is 25.7 Å². The molecule has 2 aromatic carbocycles. The van der Waals surface area contributed by atoms with Crippen molar-refractivity contribution in [3.63, 3.8) is 0 Å². The van der Waals surface area contributed by atoms with Crippen molar-refractivity contribution >= 4 is 23.2 Å². The Morgan fingerprint density at radius 2 is 1.62 bits per heavy atom. The van der Waals surface area contributed by atoms with Crippen molar-refractivity contribution in [2.75, 3.05) is 0 Å². The molecule has 0 spiro atoms. The van der Waals surface area contributed by atoms with Gasteiger partial charge in [0.05, 0.1) is 0 Å². The third-order valence-corrected chi connectivity index (χ3v) is 3.75. The Morgan fingerprint density at radius 1 is 1.00 bits per heavy atom. The molecule has 0 saturated heterocycles. The van der Waals surface area contributed by atoms with Gasteiger partial charge in [-0.15, -0.1) is 0 Å². The van der Waals surface area contributed by atoms with Crippen molar-refractivity contribution in [3.8, 4) is 0 Å². The zero-order valence-electron chi connectivity index (χ0n) is 11.9. The number of halogens is 1. The van der Waals surface area contributed by atoms with E-state index in [1.165, 1.54) is 0 Å². The van der Waals surface area contributed by atoms with Crippen molar-refractivity contribution in [1.29, 1.82) is 0 Å². The highest BCUT2D eigenvalue weighted by Gasteiger charge is 2.22. The minimum Gasteiger partial charge on any atom is -0.299 e. The van der Waals surface area contributed by atoms with Crippen molar-refractivity contribution < 1.29 is 9.59 Å². The second-order valence-corrected chi connectivity index (χ2v) is 5.35. The van der Waals surface area contributed by atoms with Crippen LogP contribution in [0.5, 0.6) is 0 Å². The van der Waals surface area contributed by atoms with Crippen molar-refractivity contribution in [2.24, 2.45) is 0 Å². The van der Waals surface area contributed by atoms with E-state index in [1.54, 1.807) is 24.3 Å². The van der Waals surface area contributed by atoms with E-state index in [9.17, 15) is 9.59 Å². The predicted molar refractivity (Wildman–Crippen MR) is 84.9 cm³/mol. The Labute approximate surface area is 129 Å². The number of carbonyl (C=O) groups excluding carboxylic acids is 2. The quantitative estimate of drug-likeness (QED) is 0.726. The highest BCUT2D eigenvalue weighted by atomic mass is 35.5. The first-order chi connectivity index (χ1) is 10.1. The molecule has 0 aliphatic carbocycles. The first-order valence-electron chi connectivity index (χ1n) is 6.98. The number of hydrogen-bond donors (Lipinski definition) is 0. The minimum absolute atomic E-state index is 0.0163. The van der Waals surface area contributed by atoms with E-state index in [0.29, 0.717) is 17.0 Å². The van der Waals surface area contributed by atoms with Gasteiger partial charge in [0.2, 0.25) is 0 Å². The molecule has 0 aliphatic rings. The molecule has 0 amide bonds. The zero-order valence-corrected chi connectivity index (χ0v) is 12.6. The summed E-state index contributed by atoms with van der Waals surface area (Å²) in [4.78, 5) is 24.5. The van der Waals surface area contributed by atoms with Gasteiger partial charge in [-0.25, -0.2) is 0 Å². The molecule has 0 fully saturated rings. The fourth-order valence-electron chi connectivity index (χ4n) is 2.29. The maximum Gasteiger partial charge on any atom is 0.163 e. The Morgan fingerprint density at radius 3 is 2.19 bits per heavy atom. The van der Waals surface area contributed by atoms with Crippen LogP contribution in [0.3, 0.4) is 0 Å². The van der Waals surface area contributed by atoms with Gasteiger partial charge in [0.15, 0.2) is 5.78 Å². The fraction of sp³-hybridized carbons (Fsp3) is 0.222. The average Bonchev–Trinajstić information content (AvgIpc) is 2.53. The highest BCUT2D eigenvalue weighted by molar-refractivity contribution is 6.30. The maximum absolute atomic E-state index is 12.3. The summed E-state index contributed by atoms with van der Waals surface area (Å²) >= 11 is 5.88. The summed E-state index contributed by atoms with van der Waals surface area (Å²) in [5.41, 5.74) is 1.48. The molecule has 0 aliphatic heterocycles. The smallest absolute Gasteiger partial charge is 0.163 e. The molecule has 0 aromatic heterocycles. The lowest BCUT2D eigenvalue weighted by atomic mass is 9.87. The van der Waals surface area contributed by atoms with Crippen LogP contribution in [0.2, 0.25) is 5.02 Å². The summed E-state index contributed by atoms with van der Waals surface area (Å²) < 4.78 is 0. The van der Waals surface area contributed by atoms with Gasteiger partial charge in [-0.2, -0.15) is 0 Å². The molecule has 1 unspecified atom stereocenters. The molecule has 0 saturated carbocycles. The van der Waals surface area contributed by atoms with Crippen LogP contribution >= 0.6 is 11.6 Å². The average molecular weight is 301 g/mol. The molecule has 0 heterocycles. The summed E-state index contributed by atoms with van der Waals surface area (Å²) in [5.74, 6) is -0.348. The van der Waals surface area contributed by atoms with Gasteiger partial charge in [0.25, 0.3) is 0 Å². The standard InChI is InChI=1S/C18H17ClO2/c1-2-17(20)16(13-8-10-15(19)11-9-13)12-18(21)14-6-4-3-5-7-14/h3-11,16H,2,12H2,1H3. The van der Waals surface area contributed by atoms with Gasteiger partial charge in [0.1, 0.15) is 5.78 Å². The predicted octanol–water partition coefficient (Wildman–Crippen LogP) is 4.68. The second-order valence-electron chi connectivity index (χ2n) is 4.92. The highest BCUT2D eigenvalue weighted by Crippen LogP contribution is 2.25. The Balaban J connectivity index is 2.23. The Kier molecular flexibility index (Phi) is 5.29. The van der Waals surface area contributed by atoms with E-state index in [1.807, 2.05) is 37.3 Å². The SMILES string of the molecule is CCC(=O)C(CC(=O)c1ccccc1)c1ccc(Cl)cc1. The van der Waals surface area contributed by atoms with Gasteiger partial charge in [-0.05, 0) is 17.7 Å². The molecule has 21 heavy (non-hydrogen) atoms. The van der Waals surface area contributed by atoms with Crippen LogP contribution in [-0.2, 0) is 4.79 Å². The molecule has 1 atom stereocenters. The molecular formula is C18H17ClO2. The van der Waals surface area contributed by atoms with E-state index in [-0.39, 0.29) is 18.0 Å². The van der Waals surface area contributed by atoms with Gasteiger partial charge in [-0.3, -0.25) is 9.59 Å². The van der Waals surface area contributed by atoms with Gasteiger partial charge >= 0.3 is 0 Å². The first kappa shape index (κ1) is 15.5. The number of ketones is 2. The molecule has 0 bridgehead atoms. The maximum atomic E-state index is 12.3. The monoisotopic (exact) mass is 300 g/mol. The fourth-order valence-corrected chi connectivity index (χ4v) is 2.41. The summed E-state index contributed by atoms with van der Waals surface area (Å²) in [6.45, 7) is 1.82. The van der Waals surface area contributed by atoms with Crippen LogP contribution < -0.4 is 0 Å². The number of rotatable bonds is 6. The van der Waals surface area contributed by atoms with E-state index in [4.69, 9.17) is 11.6 Å². The molecule has 0 N–H and O–H groups in total. The molecule has 108 valence electrons. The Hall–Kier alpha value is -1.93. The lowest BCUT2D eigenvalue weighted by Crippen LogP contribution is -2.16. The van der Waals surface area contributed by atoms with E-state index < -0.39 is 5.92 Å². The lowest BCUT2D eigenvalue weighted by Gasteiger charge is -2.15. The molecule has 0 radical (unpaired) electrons. The number of hydrogen-bond acceptors (Lipinski definition) is 2. The van der Waals surface area contributed by atoms with Gasteiger partial charge < -0.3 is 0 Å². The number of benzene rings is 2. The molecule has 2 nitrogen and oxygen atoms in total. The van der Waals surface area contributed by atoms with Crippen LogP contribution in [-0.4, -0.2) is 11.6 Å². The van der Waals surface area contributed by atoms with Crippen LogP contribution in [0.4, 0.5) is 0 Å². The summed E-state index contributed by atoms with van der Waals surface area (Å²) in [7, 11) is 0. The summed E-state index contributed by atoms with van der Waals surface area (Å²) in [6, 6.07) is 16.2. The molecular weight excluding hydrogens is 284 g/mol. The third-order valence-electron chi connectivity index (χ3n) is 3.49. The zero-order chi connectivity index (χ0) is 15.2. The molecule has 2 rings (SSSR count). The first-order valence-corrected chi connectivity index (χ1v) is 7.36. The second kappa shape index (κ2) is 7.19. The van der Waals surface area contributed by atoms with E-state index in [0.717, 1.165) is 5.56 Å². The largest absolute Gasteiger partial charge is 0.299 e. The molecule has 3 heteroatoms. The minimum atomic E-state index is -0.403. The normalized spacial score (nSPS) is 11.9. The van der Waals surface area contributed by atoms with Crippen LogP contribution in [0.1, 0.15) is 41.6 Å². The van der Waals surface area contributed by atoms with E-state index in [2.05, 4.69) is 0 Å². The summed E-state index contributed by atoms with van der Waals surface area (Å²) in [6.07, 6.45) is 0.605. The lowest BCUT2D eigenvalue weighted by molar-refractivity contribution is -0.120. The van der Waals surface area contributed by atoms with Crippen molar-refractivity contribution in [3.05, 3.63) is 70.7 Å². The Bertz CT molecular complexity index is 617. The van der Waals surface area contributed by atoms with Crippen LogP contribution in [0.25, 0.3) is 0 Å². The van der Waals surface area contributed by atoms with Crippen molar-refractivity contribution in [1.82, 2.24) is 0 Å². The number of Topliss-reactive ketones (excluding diaryl/α,β-unsaturated/α-hetero) is 2. The van der Waals surface area contributed by atoms with Gasteiger partial charge in [-0.1, -0.05) is 61.0 Å². The summed E-state index contributed by atoms with van der Waals surface area (Å²) in [5, 5.41) is 0.621. The van der Waals surface area contributed by atoms with E-state index >= 15 is 0 Å². The third kappa shape index (κ3) is 4.02. The topological polar surface area (TPSA) is 34.1 Å². The molecule has 2 aromatic rings. The van der Waals surface area contributed by atoms with Crippen LogP contribution in [0.15, 0.2) is 54.6 Å². The van der Waals surface area contributed by atoms with Gasteiger partial charge in [0, 0.05) is 29.3 Å². The van der Waals surface area contributed by atoms with Crippen LogP contribution in [0, 0.1) is 0 Å². The number of carbonyl (C=O) groups is 2.